The fourth-order valence-electron chi connectivity index (χ4n) is 4.16. The van der Waals surface area contributed by atoms with Crippen molar-refractivity contribution in [2.24, 2.45) is 4.99 Å². The number of benzene rings is 2. The second-order valence-electron chi connectivity index (χ2n) is 8.85. The van der Waals surface area contributed by atoms with E-state index in [9.17, 15) is 9.90 Å². The minimum Gasteiger partial charge on any atom is -0.508 e. The molecule has 1 heterocycles. The molecule has 0 amide bonds. The van der Waals surface area contributed by atoms with Gasteiger partial charge in [0.2, 0.25) is 0 Å². The number of aliphatic imine (C=N–C) groups is 1. The van der Waals surface area contributed by atoms with Crippen molar-refractivity contribution in [3.05, 3.63) is 65.9 Å². The van der Waals surface area contributed by atoms with Crippen LogP contribution in [0.4, 0.5) is 5.69 Å². The molecule has 1 N–H and O–H groups in total. The van der Waals surface area contributed by atoms with Crippen molar-refractivity contribution in [1.29, 1.82) is 0 Å². The van der Waals surface area contributed by atoms with Gasteiger partial charge >= 0.3 is 5.97 Å². The number of aliphatic hydroxyl groups excluding tert-OH is 1. The van der Waals surface area contributed by atoms with Gasteiger partial charge in [-0.15, -0.1) is 0 Å². The fraction of sp³-hybridized carbons (Fsp3) is 0.448. The van der Waals surface area contributed by atoms with Crippen LogP contribution in [0.15, 0.2) is 70.9 Å². The van der Waals surface area contributed by atoms with Crippen LogP contribution >= 0.6 is 0 Å². The zero-order valence-corrected chi connectivity index (χ0v) is 20.6. The average molecular weight is 463 g/mol. The molecule has 2 aromatic rings. The molecular formula is C29H38N2O3. The van der Waals surface area contributed by atoms with Gasteiger partial charge in [-0.05, 0) is 36.1 Å². The van der Waals surface area contributed by atoms with E-state index in [1.807, 2.05) is 42.5 Å². The minimum absolute atomic E-state index is 0.0308. The largest absolute Gasteiger partial charge is 0.508 e. The maximum atomic E-state index is 12.6. The van der Waals surface area contributed by atoms with Crippen LogP contribution in [0.3, 0.4) is 0 Å². The van der Waals surface area contributed by atoms with Gasteiger partial charge in [-0.2, -0.15) is 0 Å². The summed E-state index contributed by atoms with van der Waals surface area (Å²) in [6.07, 6.45) is 9.04. The van der Waals surface area contributed by atoms with Crippen LogP contribution in [-0.2, 0) is 9.53 Å². The highest BCUT2D eigenvalue weighted by atomic mass is 16.5. The van der Waals surface area contributed by atoms with E-state index in [2.05, 4.69) is 30.9 Å². The molecule has 0 saturated heterocycles. The van der Waals surface area contributed by atoms with E-state index in [0.717, 1.165) is 55.6 Å². The van der Waals surface area contributed by atoms with Crippen molar-refractivity contribution in [2.75, 3.05) is 19.7 Å². The summed E-state index contributed by atoms with van der Waals surface area (Å²) in [5.74, 6) is 0.00139. The lowest BCUT2D eigenvalue weighted by atomic mass is 10.1. The van der Waals surface area contributed by atoms with Gasteiger partial charge in [0.05, 0.1) is 5.69 Å². The Morgan fingerprint density at radius 1 is 0.853 bits per heavy atom. The number of rotatable bonds is 13. The van der Waals surface area contributed by atoms with Crippen LogP contribution in [0.5, 0.6) is 0 Å². The minimum atomic E-state index is -0.496. The monoisotopic (exact) mass is 462 g/mol. The third-order valence-electron chi connectivity index (χ3n) is 6.13. The zero-order chi connectivity index (χ0) is 24.2. The first-order chi connectivity index (χ1) is 16.6. The first kappa shape index (κ1) is 25.5. The van der Waals surface area contributed by atoms with Gasteiger partial charge < -0.3 is 14.7 Å². The Kier molecular flexibility index (Phi) is 10.2. The highest BCUT2D eigenvalue weighted by molar-refractivity contribution is 6.20. The third-order valence-corrected chi connectivity index (χ3v) is 6.13. The summed E-state index contributed by atoms with van der Waals surface area (Å²) in [5.41, 5.74) is 3.21. The van der Waals surface area contributed by atoms with Crippen molar-refractivity contribution in [3.63, 3.8) is 0 Å². The van der Waals surface area contributed by atoms with E-state index >= 15 is 0 Å². The average Bonchev–Trinajstić information content (AvgIpc) is 3.20. The first-order valence-corrected chi connectivity index (χ1v) is 12.7. The number of hydrogen-bond donors (Lipinski definition) is 1. The Bertz CT molecular complexity index is 953. The molecule has 182 valence electrons. The number of amidine groups is 1. The predicted molar refractivity (Wildman–Crippen MR) is 139 cm³/mol. The van der Waals surface area contributed by atoms with Crippen molar-refractivity contribution < 1.29 is 14.6 Å². The summed E-state index contributed by atoms with van der Waals surface area (Å²) in [6, 6.07) is 18.2. The van der Waals surface area contributed by atoms with Crippen LogP contribution in [0.1, 0.15) is 65.2 Å². The quantitative estimate of drug-likeness (QED) is 0.148. The standard InChI is InChI=1S/C29H38N2O3/c1-3-5-7-12-20-31(21-13-8-6-4-2)28(27-26(32)22-34-29(27)33)30-25-18-16-24(17-19-25)23-14-10-9-11-15-23/h9-11,14-19,32H,3-8,12-13,20-22H2,1-2H3. The van der Waals surface area contributed by atoms with Crippen LogP contribution in [0.2, 0.25) is 0 Å². The second-order valence-corrected chi connectivity index (χ2v) is 8.85. The molecule has 0 fully saturated rings. The van der Waals surface area contributed by atoms with Crippen molar-refractivity contribution in [1.82, 2.24) is 4.90 Å². The van der Waals surface area contributed by atoms with Crippen molar-refractivity contribution in [3.8, 4) is 11.1 Å². The molecule has 0 spiro atoms. The molecule has 5 nitrogen and oxygen atoms in total. The Balaban J connectivity index is 1.90. The lowest BCUT2D eigenvalue weighted by molar-refractivity contribution is -0.135. The summed E-state index contributed by atoms with van der Waals surface area (Å²) in [4.78, 5) is 19.6. The molecule has 5 heteroatoms. The molecule has 34 heavy (non-hydrogen) atoms. The summed E-state index contributed by atoms with van der Waals surface area (Å²) >= 11 is 0. The summed E-state index contributed by atoms with van der Waals surface area (Å²) in [7, 11) is 0. The molecule has 0 aromatic heterocycles. The van der Waals surface area contributed by atoms with Gasteiger partial charge in [0, 0.05) is 13.1 Å². The van der Waals surface area contributed by atoms with E-state index in [4.69, 9.17) is 9.73 Å². The predicted octanol–water partition coefficient (Wildman–Crippen LogP) is 7.22. The fourth-order valence-corrected chi connectivity index (χ4v) is 4.16. The Hall–Kier alpha value is -3.08. The molecule has 2 aromatic carbocycles. The van der Waals surface area contributed by atoms with E-state index in [1.54, 1.807) is 0 Å². The molecule has 0 radical (unpaired) electrons. The zero-order valence-electron chi connectivity index (χ0n) is 20.6. The lowest BCUT2D eigenvalue weighted by Gasteiger charge is -2.26. The van der Waals surface area contributed by atoms with Crippen LogP contribution < -0.4 is 0 Å². The number of unbranched alkanes of at least 4 members (excludes halogenated alkanes) is 6. The summed E-state index contributed by atoms with van der Waals surface area (Å²) in [6.45, 7) is 5.92. The number of ether oxygens (including phenoxy) is 1. The Labute approximate surface area is 204 Å². The smallest absolute Gasteiger partial charge is 0.345 e. The lowest BCUT2D eigenvalue weighted by Crippen LogP contribution is -2.36. The first-order valence-electron chi connectivity index (χ1n) is 12.7. The maximum absolute atomic E-state index is 12.6. The van der Waals surface area contributed by atoms with Crippen molar-refractivity contribution in [2.45, 2.75) is 65.2 Å². The van der Waals surface area contributed by atoms with Gasteiger partial charge in [0.1, 0.15) is 23.8 Å². The highest BCUT2D eigenvalue weighted by Gasteiger charge is 2.32. The van der Waals surface area contributed by atoms with Crippen molar-refractivity contribution >= 4 is 17.5 Å². The Morgan fingerprint density at radius 2 is 1.44 bits per heavy atom. The van der Waals surface area contributed by atoms with E-state index in [1.165, 1.54) is 25.7 Å². The number of hydrogen-bond acceptors (Lipinski definition) is 4. The summed E-state index contributed by atoms with van der Waals surface area (Å²) in [5, 5.41) is 10.5. The van der Waals surface area contributed by atoms with E-state index < -0.39 is 5.97 Å². The molecule has 0 saturated carbocycles. The molecule has 0 atom stereocenters. The van der Waals surface area contributed by atoms with E-state index in [-0.39, 0.29) is 17.9 Å². The van der Waals surface area contributed by atoms with Gasteiger partial charge in [-0.3, -0.25) is 0 Å². The molecule has 0 bridgehead atoms. The molecular weight excluding hydrogens is 424 g/mol. The summed E-state index contributed by atoms with van der Waals surface area (Å²) < 4.78 is 5.14. The van der Waals surface area contributed by atoms with Crippen LogP contribution in [0.25, 0.3) is 11.1 Å². The normalized spacial score (nSPS) is 13.9. The molecule has 1 aliphatic rings. The SMILES string of the molecule is CCCCCCN(CCCCCC)C(=Nc1ccc(-c2ccccc2)cc1)C1=C(O)COC1=O. The molecule has 0 aliphatic carbocycles. The number of cyclic esters (lactones) is 1. The van der Waals surface area contributed by atoms with Gasteiger partial charge in [0.15, 0.2) is 0 Å². The van der Waals surface area contributed by atoms with Crippen LogP contribution in [0, 0.1) is 0 Å². The second kappa shape index (κ2) is 13.6. The number of aliphatic hydroxyl groups is 1. The topological polar surface area (TPSA) is 62.1 Å². The van der Waals surface area contributed by atoms with Gasteiger partial charge in [-0.1, -0.05) is 94.8 Å². The number of carbonyl (C=O) groups excluding carboxylic acids is 1. The van der Waals surface area contributed by atoms with Gasteiger partial charge in [-0.25, -0.2) is 9.79 Å². The molecule has 1 aliphatic heterocycles. The third kappa shape index (κ3) is 7.21. The van der Waals surface area contributed by atoms with Crippen LogP contribution in [-0.4, -0.2) is 41.5 Å². The molecule has 0 unspecified atom stereocenters. The number of nitrogens with zero attached hydrogens (tertiary/aromatic N) is 2. The number of esters is 1. The van der Waals surface area contributed by atoms with Gasteiger partial charge in [0.25, 0.3) is 0 Å². The maximum Gasteiger partial charge on any atom is 0.345 e. The number of carbonyl (C=O) groups is 1. The van der Waals surface area contributed by atoms with E-state index in [0.29, 0.717) is 5.84 Å². The molecule has 3 rings (SSSR count). The Morgan fingerprint density at radius 3 is 1.97 bits per heavy atom. The highest BCUT2D eigenvalue weighted by Crippen LogP contribution is 2.26.